The fraction of sp³-hybridized carbons (Fsp3) is 0.421. The van der Waals surface area contributed by atoms with Crippen molar-refractivity contribution < 1.29 is 19.1 Å². The number of amides is 1. The van der Waals surface area contributed by atoms with E-state index >= 15 is 0 Å². The maximum Gasteiger partial charge on any atom is 0.340 e. The number of pyridine rings is 1. The molecule has 1 atom stereocenters. The minimum atomic E-state index is -0.541. The van der Waals surface area contributed by atoms with E-state index in [4.69, 9.17) is 9.47 Å². The van der Waals surface area contributed by atoms with Crippen molar-refractivity contribution in [2.45, 2.75) is 32.8 Å². The molecule has 2 aromatic rings. The predicted molar refractivity (Wildman–Crippen MR) is 93.5 cm³/mol. The first-order valence-electron chi connectivity index (χ1n) is 8.46. The fourth-order valence-corrected chi connectivity index (χ4v) is 2.89. The van der Waals surface area contributed by atoms with Crippen LogP contribution in [-0.4, -0.2) is 42.7 Å². The number of ether oxygens (including phenoxy) is 2. The predicted octanol–water partition coefficient (Wildman–Crippen LogP) is 2.30. The van der Waals surface area contributed by atoms with Crippen LogP contribution in [0.3, 0.4) is 0 Å². The molecule has 1 fully saturated rings. The second kappa shape index (κ2) is 7.61. The van der Waals surface area contributed by atoms with Crippen molar-refractivity contribution >= 4 is 22.8 Å². The molecule has 1 aliphatic rings. The zero-order valence-corrected chi connectivity index (χ0v) is 14.5. The van der Waals surface area contributed by atoms with Gasteiger partial charge in [0.1, 0.15) is 0 Å². The first-order chi connectivity index (χ1) is 12.0. The molecule has 0 bridgehead atoms. The number of hydrogen-bond acceptors (Lipinski definition) is 5. The molecule has 6 heteroatoms. The van der Waals surface area contributed by atoms with Gasteiger partial charge in [-0.25, -0.2) is 4.79 Å². The summed E-state index contributed by atoms with van der Waals surface area (Å²) in [6.45, 7) is 4.62. The van der Waals surface area contributed by atoms with E-state index in [0.29, 0.717) is 17.8 Å². The molecule has 0 radical (unpaired) electrons. The van der Waals surface area contributed by atoms with Crippen LogP contribution < -0.4 is 5.32 Å². The van der Waals surface area contributed by atoms with Crippen molar-refractivity contribution in [1.82, 2.24) is 10.3 Å². The van der Waals surface area contributed by atoms with Crippen molar-refractivity contribution in [3.05, 3.63) is 41.1 Å². The van der Waals surface area contributed by atoms with Gasteiger partial charge in [-0.3, -0.25) is 9.78 Å². The Bertz CT molecular complexity index is 797. The number of aryl methyl sites for hydroxylation is 2. The van der Waals surface area contributed by atoms with Gasteiger partial charge in [0.2, 0.25) is 0 Å². The zero-order valence-electron chi connectivity index (χ0n) is 14.5. The summed E-state index contributed by atoms with van der Waals surface area (Å²) in [6, 6.07) is 7.63. The summed E-state index contributed by atoms with van der Waals surface area (Å²) in [5, 5.41) is 3.60. The van der Waals surface area contributed by atoms with E-state index in [1.54, 1.807) is 13.0 Å². The Morgan fingerprint density at radius 1 is 1.32 bits per heavy atom. The van der Waals surface area contributed by atoms with Gasteiger partial charge in [0, 0.05) is 18.5 Å². The molecule has 1 unspecified atom stereocenters. The van der Waals surface area contributed by atoms with Crippen molar-refractivity contribution in [3.8, 4) is 0 Å². The van der Waals surface area contributed by atoms with Crippen LogP contribution >= 0.6 is 0 Å². The van der Waals surface area contributed by atoms with Crippen LogP contribution in [0, 0.1) is 13.8 Å². The number of carbonyl (C=O) groups is 2. The molecule has 1 aromatic heterocycles. The minimum Gasteiger partial charge on any atom is -0.452 e. The normalized spacial score (nSPS) is 16.8. The number of aromatic nitrogens is 1. The van der Waals surface area contributed by atoms with Gasteiger partial charge < -0.3 is 14.8 Å². The summed E-state index contributed by atoms with van der Waals surface area (Å²) in [7, 11) is 0. The van der Waals surface area contributed by atoms with E-state index in [1.807, 2.05) is 25.1 Å². The third kappa shape index (κ3) is 4.33. The number of benzene rings is 1. The molecule has 1 aromatic carbocycles. The van der Waals surface area contributed by atoms with E-state index in [0.717, 1.165) is 35.9 Å². The lowest BCUT2D eigenvalue weighted by Crippen LogP contribution is -2.34. The Morgan fingerprint density at radius 2 is 2.16 bits per heavy atom. The summed E-state index contributed by atoms with van der Waals surface area (Å²) in [5.41, 5.74) is 2.88. The van der Waals surface area contributed by atoms with Crippen LogP contribution in [0.4, 0.5) is 0 Å². The molecule has 132 valence electrons. The highest BCUT2D eigenvalue weighted by molar-refractivity contribution is 5.96. The van der Waals surface area contributed by atoms with Gasteiger partial charge in [-0.2, -0.15) is 0 Å². The largest absolute Gasteiger partial charge is 0.452 e. The maximum absolute atomic E-state index is 12.3. The summed E-state index contributed by atoms with van der Waals surface area (Å²) < 4.78 is 10.6. The van der Waals surface area contributed by atoms with Crippen molar-refractivity contribution in [2.75, 3.05) is 19.8 Å². The zero-order chi connectivity index (χ0) is 17.8. The van der Waals surface area contributed by atoms with Crippen molar-refractivity contribution in [3.63, 3.8) is 0 Å². The molecule has 1 N–H and O–H groups in total. The molecule has 6 nitrogen and oxygen atoms in total. The van der Waals surface area contributed by atoms with Crippen LogP contribution in [0.5, 0.6) is 0 Å². The van der Waals surface area contributed by atoms with Crippen LogP contribution in [-0.2, 0) is 14.3 Å². The second-order valence-corrected chi connectivity index (χ2v) is 6.33. The molecule has 0 spiro atoms. The number of rotatable bonds is 5. The summed E-state index contributed by atoms with van der Waals surface area (Å²) in [6.07, 6.45) is 2.03. The molecular formula is C19H22N2O4. The lowest BCUT2D eigenvalue weighted by atomic mass is 10.1. The summed E-state index contributed by atoms with van der Waals surface area (Å²) in [5.74, 6) is -0.869. The Labute approximate surface area is 146 Å². The highest BCUT2D eigenvalue weighted by Crippen LogP contribution is 2.18. The van der Waals surface area contributed by atoms with E-state index in [-0.39, 0.29) is 18.6 Å². The number of nitrogens with zero attached hydrogens (tertiary/aromatic N) is 1. The topological polar surface area (TPSA) is 77.5 Å². The quantitative estimate of drug-likeness (QED) is 0.844. The van der Waals surface area contributed by atoms with Crippen LogP contribution in [0.25, 0.3) is 10.9 Å². The molecular weight excluding hydrogens is 320 g/mol. The molecule has 2 heterocycles. The SMILES string of the molecule is Cc1ccc2nc(C)c(C(=O)OCC(=O)NCC3CCCO3)cc2c1. The molecule has 3 rings (SSSR count). The number of fused-ring (bicyclic) bond motifs is 1. The highest BCUT2D eigenvalue weighted by Gasteiger charge is 2.18. The van der Waals surface area contributed by atoms with Gasteiger partial charge in [0.15, 0.2) is 6.61 Å². The monoisotopic (exact) mass is 342 g/mol. The second-order valence-electron chi connectivity index (χ2n) is 6.33. The standard InChI is InChI=1S/C19H22N2O4/c1-12-5-6-17-14(8-12)9-16(13(2)21-17)19(23)25-11-18(22)20-10-15-4-3-7-24-15/h5-6,8-9,15H,3-4,7,10-11H2,1-2H3,(H,20,22). The lowest BCUT2D eigenvalue weighted by Gasteiger charge is -2.11. The van der Waals surface area contributed by atoms with Crippen LogP contribution in [0.15, 0.2) is 24.3 Å². The number of nitrogens with one attached hydrogen (secondary N) is 1. The Morgan fingerprint density at radius 3 is 2.92 bits per heavy atom. The van der Waals surface area contributed by atoms with Gasteiger partial charge in [-0.1, -0.05) is 11.6 Å². The van der Waals surface area contributed by atoms with Crippen LogP contribution in [0.1, 0.15) is 34.5 Å². The fourth-order valence-electron chi connectivity index (χ4n) is 2.89. The number of esters is 1. The smallest absolute Gasteiger partial charge is 0.340 e. The first kappa shape index (κ1) is 17.4. The Hall–Kier alpha value is -2.47. The summed E-state index contributed by atoms with van der Waals surface area (Å²) in [4.78, 5) is 28.5. The number of carbonyl (C=O) groups excluding carboxylic acids is 2. The van der Waals surface area contributed by atoms with Crippen molar-refractivity contribution in [2.24, 2.45) is 0 Å². The van der Waals surface area contributed by atoms with Gasteiger partial charge in [0.25, 0.3) is 5.91 Å². The van der Waals surface area contributed by atoms with E-state index < -0.39 is 5.97 Å². The van der Waals surface area contributed by atoms with Gasteiger partial charge in [0.05, 0.1) is 22.9 Å². The molecule has 1 aliphatic heterocycles. The van der Waals surface area contributed by atoms with Crippen molar-refractivity contribution in [1.29, 1.82) is 0 Å². The maximum atomic E-state index is 12.3. The van der Waals surface area contributed by atoms with Gasteiger partial charge in [-0.15, -0.1) is 0 Å². The van der Waals surface area contributed by atoms with Gasteiger partial charge >= 0.3 is 5.97 Å². The molecule has 0 saturated carbocycles. The highest BCUT2D eigenvalue weighted by atomic mass is 16.5. The van der Waals surface area contributed by atoms with E-state index in [1.165, 1.54) is 0 Å². The molecule has 1 saturated heterocycles. The van der Waals surface area contributed by atoms with Gasteiger partial charge in [-0.05, 0) is 44.9 Å². The third-order valence-corrected chi connectivity index (χ3v) is 4.27. The van der Waals surface area contributed by atoms with Crippen LogP contribution in [0.2, 0.25) is 0 Å². The lowest BCUT2D eigenvalue weighted by molar-refractivity contribution is -0.124. The Kier molecular flexibility index (Phi) is 5.28. The molecule has 1 amide bonds. The average Bonchev–Trinajstić information content (AvgIpc) is 3.11. The number of hydrogen-bond donors (Lipinski definition) is 1. The molecule has 25 heavy (non-hydrogen) atoms. The molecule has 0 aliphatic carbocycles. The van der Waals surface area contributed by atoms with E-state index in [2.05, 4.69) is 10.3 Å². The minimum absolute atomic E-state index is 0.0647. The summed E-state index contributed by atoms with van der Waals surface area (Å²) >= 11 is 0. The average molecular weight is 342 g/mol. The van der Waals surface area contributed by atoms with E-state index in [9.17, 15) is 9.59 Å². The Balaban J connectivity index is 1.59. The third-order valence-electron chi connectivity index (χ3n) is 4.27. The first-order valence-corrected chi connectivity index (χ1v) is 8.46.